The molecule has 0 fully saturated rings. The molecule has 3 rings (SSSR count). The molecule has 0 saturated heterocycles. The van der Waals surface area contributed by atoms with E-state index in [0.717, 1.165) is 45.2 Å². The zero-order chi connectivity index (χ0) is 15.9. The van der Waals surface area contributed by atoms with E-state index in [1.165, 1.54) is 0 Å². The van der Waals surface area contributed by atoms with Crippen LogP contribution < -0.4 is 9.64 Å². The Morgan fingerprint density at radius 1 is 1.09 bits per heavy atom. The number of hydrogen-bond donors (Lipinski definition) is 1. The fourth-order valence-corrected chi connectivity index (χ4v) is 2.96. The first-order chi connectivity index (χ1) is 10.5. The van der Waals surface area contributed by atoms with E-state index in [4.69, 9.17) is 4.74 Å². The fourth-order valence-electron chi connectivity index (χ4n) is 2.96. The molecule has 1 aromatic carbocycles. The normalized spacial score (nSPS) is 11.0. The summed E-state index contributed by atoms with van der Waals surface area (Å²) in [5.74, 6) is 2.53. The molecule has 0 amide bonds. The van der Waals surface area contributed by atoms with Crippen molar-refractivity contribution in [1.82, 2.24) is 15.0 Å². The van der Waals surface area contributed by atoms with Crippen molar-refractivity contribution in [3.05, 3.63) is 41.3 Å². The highest BCUT2D eigenvalue weighted by atomic mass is 16.5. The Morgan fingerprint density at radius 3 is 2.41 bits per heavy atom. The summed E-state index contributed by atoms with van der Waals surface area (Å²) in [6.07, 6.45) is 1.89. The van der Waals surface area contributed by atoms with Gasteiger partial charge >= 0.3 is 0 Å². The molecule has 114 valence electrons. The molecule has 1 N–H and O–H groups in total. The third-order valence-electron chi connectivity index (χ3n) is 3.86. The number of hydrogen-bond acceptors (Lipinski definition) is 4. The highest BCUT2D eigenvalue weighted by Crippen LogP contribution is 2.35. The van der Waals surface area contributed by atoms with Crippen LogP contribution in [0, 0.1) is 20.8 Å². The van der Waals surface area contributed by atoms with Crippen molar-refractivity contribution in [1.29, 1.82) is 0 Å². The quantitative estimate of drug-likeness (QED) is 0.801. The molecule has 0 aliphatic carbocycles. The van der Waals surface area contributed by atoms with Gasteiger partial charge < -0.3 is 14.6 Å². The lowest BCUT2D eigenvalue weighted by Gasteiger charge is -2.24. The third kappa shape index (κ3) is 2.28. The summed E-state index contributed by atoms with van der Waals surface area (Å²) in [6.45, 7) is 6.08. The first kappa shape index (κ1) is 14.4. The van der Waals surface area contributed by atoms with E-state index < -0.39 is 0 Å². The lowest BCUT2D eigenvalue weighted by molar-refractivity contribution is 0.414. The molecule has 0 radical (unpaired) electrons. The van der Waals surface area contributed by atoms with Crippen LogP contribution in [0.3, 0.4) is 0 Å². The Morgan fingerprint density at radius 2 is 1.77 bits per heavy atom. The van der Waals surface area contributed by atoms with Crippen LogP contribution in [-0.2, 0) is 0 Å². The number of anilines is 2. The second kappa shape index (κ2) is 5.33. The lowest BCUT2D eigenvalue weighted by atomic mass is 10.1. The van der Waals surface area contributed by atoms with E-state index in [1.807, 2.05) is 38.4 Å². The zero-order valence-corrected chi connectivity index (χ0v) is 13.6. The number of aromatic nitrogens is 3. The number of nitrogens with one attached hydrogen (secondary N) is 1. The summed E-state index contributed by atoms with van der Waals surface area (Å²) in [4.78, 5) is 14.3. The molecule has 2 aromatic heterocycles. The molecular weight excluding hydrogens is 276 g/mol. The molecule has 0 saturated carbocycles. The summed E-state index contributed by atoms with van der Waals surface area (Å²) >= 11 is 0. The van der Waals surface area contributed by atoms with Crippen LogP contribution in [0.1, 0.15) is 17.0 Å². The van der Waals surface area contributed by atoms with Gasteiger partial charge in [0.05, 0.1) is 12.5 Å². The van der Waals surface area contributed by atoms with Gasteiger partial charge in [-0.15, -0.1) is 0 Å². The average molecular weight is 296 g/mol. The Hall–Kier alpha value is -2.56. The number of ether oxygens (including phenoxy) is 1. The predicted octanol–water partition coefficient (Wildman–Crippen LogP) is 3.66. The van der Waals surface area contributed by atoms with Crippen LogP contribution >= 0.6 is 0 Å². The molecule has 0 bridgehead atoms. The maximum Gasteiger partial charge on any atom is 0.146 e. The van der Waals surface area contributed by atoms with Crippen LogP contribution in [0.4, 0.5) is 11.5 Å². The number of fused-ring (bicyclic) bond motifs is 1. The van der Waals surface area contributed by atoms with Crippen molar-refractivity contribution in [2.75, 3.05) is 19.1 Å². The maximum atomic E-state index is 5.34. The molecule has 3 aromatic rings. The maximum absolute atomic E-state index is 5.34. The number of aryl methyl sites for hydroxylation is 3. The van der Waals surface area contributed by atoms with Gasteiger partial charge in [0.15, 0.2) is 0 Å². The van der Waals surface area contributed by atoms with E-state index in [1.54, 1.807) is 7.11 Å². The molecule has 0 atom stereocenters. The number of methoxy groups -OCH3 is 1. The van der Waals surface area contributed by atoms with Gasteiger partial charge in [0.2, 0.25) is 0 Å². The van der Waals surface area contributed by atoms with E-state index in [9.17, 15) is 0 Å². The summed E-state index contributed by atoms with van der Waals surface area (Å²) in [7, 11) is 3.73. The smallest absolute Gasteiger partial charge is 0.146 e. The number of H-pyrrole nitrogens is 1. The van der Waals surface area contributed by atoms with Crippen LogP contribution in [-0.4, -0.2) is 29.1 Å². The molecule has 22 heavy (non-hydrogen) atoms. The topological polar surface area (TPSA) is 54.0 Å². The minimum atomic E-state index is 0.751. The van der Waals surface area contributed by atoms with E-state index in [-0.39, 0.29) is 0 Å². The second-order valence-corrected chi connectivity index (χ2v) is 5.50. The Bertz CT molecular complexity index is 815. The average Bonchev–Trinajstić information content (AvgIpc) is 2.93. The highest BCUT2D eigenvalue weighted by Gasteiger charge is 2.16. The van der Waals surface area contributed by atoms with Gasteiger partial charge in [-0.1, -0.05) is 0 Å². The minimum Gasteiger partial charge on any atom is -0.497 e. The second-order valence-electron chi connectivity index (χ2n) is 5.50. The molecule has 0 unspecified atom stereocenters. The third-order valence-corrected chi connectivity index (χ3v) is 3.86. The molecule has 0 aliphatic rings. The molecule has 5 heteroatoms. The number of nitrogens with zero attached hydrogens (tertiary/aromatic N) is 3. The first-order valence-corrected chi connectivity index (χ1v) is 7.22. The van der Waals surface area contributed by atoms with Gasteiger partial charge in [0.1, 0.15) is 23.0 Å². The largest absolute Gasteiger partial charge is 0.497 e. The van der Waals surface area contributed by atoms with E-state index >= 15 is 0 Å². The van der Waals surface area contributed by atoms with Crippen molar-refractivity contribution in [2.24, 2.45) is 0 Å². The molecule has 0 spiro atoms. The van der Waals surface area contributed by atoms with Crippen LogP contribution in [0.5, 0.6) is 5.75 Å². The Labute approximate surface area is 130 Å². The molecular formula is C17H20N4O. The van der Waals surface area contributed by atoms with Crippen molar-refractivity contribution in [3.63, 3.8) is 0 Å². The van der Waals surface area contributed by atoms with Gasteiger partial charge in [-0.25, -0.2) is 9.97 Å². The number of rotatable bonds is 3. The van der Waals surface area contributed by atoms with Crippen molar-refractivity contribution in [2.45, 2.75) is 20.8 Å². The predicted molar refractivity (Wildman–Crippen MR) is 89.2 cm³/mol. The van der Waals surface area contributed by atoms with Crippen molar-refractivity contribution >= 4 is 22.5 Å². The van der Waals surface area contributed by atoms with Gasteiger partial charge in [-0.05, 0) is 50.1 Å². The number of aromatic amines is 1. The van der Waals surface area contributed by atoms with Crippen LogP contribution in [0.25, 0.3) is 11.0 Å². The van der Waals surface area contributed by atoms with Crippen LogP contribution in [0.15, 0.2) is 24.4 Å². The van der Waals surface area contributed by atoms with Gasteiger partial charge in [0, 0.05) is 18.9 Å². The Kier molecular flexibility index (Phi) is 3.48. The summed E-state index contributed by atoms with van der Waals surface area (Å²) in [5.41, 5.74) is 4.30. The van der Waals surface area contributed by atoms with E-state index in [0.29, 0.717) is 0 Å². The van der Waals surface area contributed by atoms with Gasteiger partial charge in [-0.3, -0.25) is 0 Å². The standard InChI is InChI=1S/C17H20N4O/c1-10-8-13(22-5)9-11(2)15(10)21(4)17-14-6-7-18-16(14)19-12(3)20-17/h6-9H,1-5H3,(H,18,19,20). The summed E-state index contributed by atoms with van der Waals surface area (Å²) in [6, 6.07) is 6.09. The fraction of sp³-hybridized carbons (Fsp3) is 0.294. The monoisotopic (exact) mass is 296 g/mol. The minimum absolute atomic E-state index is 0.751. The SMILES string of the molecule is COc1cc(C)c(N(C)c2nc(C)nc3[nH]ccc23)c(C)c1. The van der Waals surface area contributed by atoms with Gasteiger partial charge in [-0.2, -0.15) is 0 Å². The number of benzene rings is 1. The van der Waals surface area contributed by atoms with E-state index in [2.05, 4.69) is 33.7 Å². The summed E-state index contributed by atoms with van der Waals surface area (Å²) < 4.78 is 5.34. The van der Waals surface area contributed by atoms with Gasteiger partial charge in [0.25, 0.3) is 0 Å². The lowest BCUT2D eigenvalue weighted by Crippen LogP contribution is -2.15. The van der Waals surface area contributed by atoms with Crippen molar-refractivity contribution < 1.29 is 4.74 Å². The zero-order valence-electron chi connectivity index (χ0n) is 13.6. The van der Waals surface area contributed by atoms with Crippen LogP contribution in [0.2, 0.25) is 0 Å². The molecule has 2 heterocycles. The molecule has 0 aliphatic heterocycles. The molecule has 5 nitrogen and oxygen atoms in total. The highest BCUT2D eigenvalue weighted by molar-refractivity contribution is 5.90. The summed E-state index contributed by atoms with van der Waals surface area (Å²) in [5, 5.41) is 1.02. The Balaban J connectivity index is 2.18. The van der Waals surface area contributed by atoms with Crippen molar-refractivity contribution in [3.8, 4) is 5.75 Å². The first-order valence-electron chi connectivity index (χ1n) is 7.22.